The number of carbonyl (C=O) groups is 2. The van der Waals surface area contributed by atoms with Crippen molar-refractivity contribution in [3.05, 3.63) is 0 Å². The Labute approximate surface area is 120 Å². The fourth-order valence-corrected chi connectivity index (χ4v) is 3.40. The van der Waals surface area contributed by atoms with E-state index in [1.807, 2.05) is 6.92 Å². The Balaban J connectivity index is 1.76. The molecule has 114 valence electrons. The minimum atomic E-state index is -0.685. The molecule has 1 heterocycles. The maximum atomic E-state index is 12.0. The van der Waals surface area contributed by atoms with Crippen LogP contribution in [0.5, 0.6) is 0 Å². The molecule has 1 amide bonds. The molecule has 1 saturated carbocycles. The zero-order valence-corrected chi connectivity index (χ0v) is 12.4. The van der Waals surface area contributed by atoms with E-state index in [1.54, 1.807) is 0 Å². The molecule has 0 radical (unpaired) electrons. The fourth-order valence-electron chi connectivity index (χ4n) is 3.40. The SMILES string of the molecule is CCC1(C(=O)O)CCN(CC(=O)NC2CCCC2)CC1. The third-order valence-electron chi connectivity index (χ3n) is 5.03. The largest absolute Gasteiger partial charge is 0.481 e. The molecule has 0 aromatic rings. The van der Waals surface area contributed by atoms with Crippen molar-refractivity contribution in [3.63, 3.8) is 0 Å². The van der Waals surface area contributed by atoms with Gasteiger partial charge in [0.1, 0.15) is 0 Å². The summed E-state index contributed by atoms with van der Waals surface area (Å²) in [6, 6.07) is 0.362. The molecule has 20 heavy (non-hydrogen) atoms. The van der Waals surface area contributed by atoms with Crippen molar-refractivity contribution in [3.8, 4) is 0 Å². The standard InChI is InChI=1S/C15H26N2O3/c1-2-15(14(19)20)7-9-17(10-8-15)11-13(18)16-12-5-3-4-6-12/h12H,2-11H2,1H3,(H,16,18)(H,19,20). The molecule has 2 fully saturated rings. The van der Waals surface area contributed by atoms with Crippen LogP contribution >= 0.6 is 0 Å². The normalized spacial score (nSPS) is 23.6. The number of hydrogen-bond donors (Lipinski definition) is 2. The highest BCUT2D eigenvalue weighted by Crippen LogP contribution is 2.34. The molecule has 1 aliphatic heterocycles. The van der Waals surface area contributed by atoms with Gasteiger partial charge in [0.25, 0.3) is 0 Å². The van der Waals surface area contributed by atoms with Crippen LogP contribution in [0.4, 0.5) is 0 Å². The molecule has 2 N–H and O–H groups in total. The highest BCUT2D eigenvalue weighted by atomic mass is 16.4. The summed E-state index contributed by atoms with van der Waals surface area (Å²) in [7, 11) is 0. The van der Waals surface area contributed by atoms with Crippen molar-refractivity contribution in [1.82, 2.24) is 10.2 Å². The third-order valence-corrected chi connectivity index (χ3v) is 5.03. The lowest BCUT2D eigenvalue weighted by Gasteiger charge is -2.38. The summed E-state index contributed by atoms with van der Waals surface area (Å²) in [5, 5.41) is 12.4. The molecule has 0 bridgehead atoms. The number of carboxylic acid groups (broad SMARTS) is 1. The lowest BCUT2D eigenvalue weighted by Crippen LogP contribution is -2.48. The lowest BCUT2D eigenvalue weighted by molar-refractivity contribution is -0.152. The first-order valence-corrected chi connectivity index (χ1v) is 7.81. The van der Waals surface area contributed by atoms with Gasteiger partial charge in [-0.3, -0.25) is 14.5 Å². The Morgan fingerprint density at radius 1 is 1.25 bits per heavy atom. The molecule has 5 nitrogen and oxygen atoms in total. The van der Waals surface area contributed by atoms with Crippen LogP contribution in [0, 0.1) is 5.41 Å². The molecule has 0 spiro atoms. The molecule has 0 unspecified atom stereocenters. The number of likely N-dealkylation sites (tertiary alicyclic amines) is 1. The van der Waals surface area contributed by atoms with Crippen LogP contribution in [0.25, 0.3) is 0 Å². The average molecular weight is 282 g/mol. The number of hydrogen-bond acceptors (Lipinski definition) is 3. The van der Waals surface area contributed by atoms with E-state index in [2.05, 4.69) is 10.2 Å². The first-order valence-electron chi connectivity index (χ1n) is 7.81. The van der Waals surface area contributed by atoms with E-state index in [4.69, 9.17) is 0 Å². The summed E-state index contributed by atoms with van der Waals surface area (Å²) in [6.45, 7) is 3.77. The van der Waals surface area contributed by atoms with Crippen LogP contribution in [0.1, 0.15) is 51.9 Å². The van der Waals surface area contributed by atoms with Crippen molar-refractivity contribution in [2.75, 3.05) is 19.6 Å². The van der Waals surface area contributed by atoms with Gasteiger partial charge >= 0.3 is 5.97 Å². The molecule has 2 aliphatic rings. The van der Waals surface area contributed by atoms with Crippen molar-refractivity contribution >= 4 is 11.9 Å². The number of carboxylic acids is 1. The molecule has 0 aromatic carbocycles. The quantitative estimate of drug-likeness (QED) is 0.804. The highest BCUT2D eigenvalue weighted by Gasteiger charge is 2.40. The molecule has 1 saturated heterocycles. The van der Waals surface area contributed by atoms with Gasteiger partial charge in [0.15, 0.2) is 0 Å². The Morgan fingerprint density at radius 2 is 1.85 bits per heavy atom. The van der Waals surface area contributed by atoms with E-state index in [-0.39, 0.29) is 5.91 Å². The predicted octanol–water partition coefficient (Wildman–Crippen LogP) is 1.62. The zero-order valence-electron chi connectivity index (χ0n) is 12.4. The Hall–Kier alpha value is -1.10. The van der Waals surface area contributed by atoms with Gasteiger partial charge < -0.3 is 10.4 Å². The first kappa shape index (κ1) is 15.3. The minimum Gasteiger partial charge on any atom is -0.481 e. The fraction of sp³-hybridized carbons (Fsp3) is 0.867. The number of nitrogens with zero attached hydrogens (tertiary/aromatic N) is 1. The second kappa shape index (κ2) is 6.57. The Kier molecular flexibility index (Phi) is 5.02. The van der Waals surface area contributed by atoms with Crippen molar-refractivity contribution in [2.45, 2.75) is 57.9 Å². The Morgan fingerprint density at radius 3 is 2.35 bits per heavy atom. The number of piperidine rings is 1. The van der Waals surface area contributed by atoms with E-state index in [0.29, 0.717) is 44.9 Å². The van der Waals surface area contributed by atoms with Gasteiger partial charge in [0.2, 0.25) is 5.91 Å². The van der Waals surface area contributed by atoms with E-state index in [0.717, 1.165) is 12.8 Å². The van der Waals surface area contributed by atoms with Crippen molar-refractivity contribution < 1.29 is 14.7 Å². The third kappa shape index (κ3) is 3.51. The lowest BCUT2D eigenvalue weighted by atomic mass is 9.76. The average Bonchev–Trinajstić information content (AvgIpc) is 2.92. The molecule has 1 aliphatic carbocycles. The maximum absolute atomic E-state index is 12.0. The van der Waals surface area contributed by atoms with Crippen molar-refractivity contribution in [1.29, 1.82) is 0 Å². The molecular formula is C15H26N2O3. The van der Waals surface area contributed by atoms with E-state index < -0.39 is 11.4 Å². The summed E-state index contributed by atoms with van der Waals surface area (Å²) >= 11 is 0. The predicted molar refractivity (Wildman–Crippen MR) is 76.4 cm³/mol. The zero-order chi connectivity index (χ0) is 14.6. The van der Waals surface area contributed by atoms with Gasteiger partial charge in [-0.15, -0.1) is 0 Å². The molecule has 5 heteroatoms. The van der Waals surface area contributed by atoms with E-state index >= 15 is 0 Å². The molecule has 0 aromatic heterocycles. The number of amides is 1. The van der Waals surface area contributed by atoms with E-state index in [1.165, 1.54) is 12.8 Å². The monoisotopic (exact) mass is 282 g/mol. The van der Waals surface area contributed by atoms with Crippen LogP contribution in [0.2, 0.25) is 0 Å². The molecular weight excluding hydrogens is 256 g/mol. The number of rotatable bonds is 5. The number of carbonyl (C=O) groups excluding carboxylic acids is 1. The summed E-state index contributed by atoms with van der Waals surface area (Å²) in [6.07, 6.45) is 6.60. The second-order valence-electron chi connectivity index (χ2n) is 6.26. The van der Waals surface area contributed by atoms with Crippen LogP contribution in [-0.2, 0) is 9.59 Å². The second-order valence-corrected chi connectivity index (χ2v) is 6.26. The topological polar surface area (TPSA) is 69.6 Å². The highest BCUT2D eigenvalue weighted by molar-refractivity contribution is 5.78. The van der Waals surface area contributed by atoms with Gasteiger partial charge in [-0.2, -0.15) is 0 Å². The Bertz CT molecular complexity index is 356. The van der Waals surface area contributed by atoms with Crippen molar-refractivity contribution in [2.24, 2.45) is 5.41 Å². The van der Waals surface area contributed by atoms with Crippen LogP contribution in [0.15, 0.2) is 0 Å². The molecule has 2 rings (SSSR count). The number of nitrogens with one attached hydrogen (secondary N) is 1. The summed E-state index contributed by atoms with van der Waals surface area (Å²) in [5.74, 6) is -0.591. The molecule has 0 atom stereocenters. The van der Waals surface area contributed by atoms with Gasteiger partial charge in [0.05, 0.1) is 12.0 Å². The van der Waals surface area contributed by atoms with Crippen LogP contribution in [0.3, 0.4) is 0 Å². The van der Waals surface area contributed by atoms with Gasteiger partial charge in [0, 0.05) is 6.04 Å². The van der Waals surface area contributed by atoms with Crippen LogP contribution in [-0.4, -0.2) is 47.6 Å². The first-order chi connectivity index (χ1) is 9.55. The van der Waals surface area contributed by atoms with Gasteiger partial charge in [-0.05, 0) is 45.2 Å². The summed E-state index contributed by atoms with van der Waals surface area (Å²) < 4.78 is 0. The minimum absolute atomic E-state index is 0.0937. The van der Waals surface area contributed by atoms with E-state index in [9.17, 15) is 14.7 Å². The smallest absolute Gasteiger partial charge is 0.309 e. The summed E-state index contributed by atoms with van der Waals surface area (Å²) in [5.41, 5.74) is -0.571. The van der Waals surface area contributed by atoms with Gasteiger partial charge in [-0.1, -0.05) is 19.8 Å². The van der Waals surface area contributed by atoms with Gasteiger partial charge in [-0.25, -0.2) is 0 Å². The summed E-state index contributed by atoms with van der Waals surface area (Å²) in [4.78, 5) is 25.4. The van der Waals surface area contributed by atoms with Crippen LogP contribution < -0.4 is 5.32 Å². The number of aliphatic carboxylic acids is 1. The maximum Gasteiger partial charge on any atom is 0.309 e.